The van der Waals surface area contributed by atoms with Gasteiger partial charge < -0.3 is 15.7 Å². The standard InChI is InChI=1S/C12H15FN4O/c1-17(2)6-7-3-8(13)4-9(12(7)18)10-5-11(14)16-15-10/h3-5,18H,6H2,1-2H3,(H3,14,15,16). The monoisotopic (exact) mass is 250 g/mol. The Bertz CT molecular complexity index is 565. The topological polar surface area (TPSA) is 78.2 Å². The molecule has 6 heteroatoms. The van der Waals surface area contributed by atoms with Gasteiger partial charge in [-0.3, -0.25) is 5.10 Å². The summed E-state index contributed by atoms with van der Waals surface area (Å²) >= 11 is 0. The quantitative estimate of drug-likeness (QED) is 0.772. The first-order chi connectivity index (χ1) is 8.47. The predicted molar refractivity (Wildman–Crippen MR) is 67.4 cm³/mol. The molecule has 96 valence electrons. The third-order valence-electron chi connectivity index (χ3n) is 2.53. The van der Waals surface area contributed by atoms with Crippen LogP contribution < -0.4 is 5.73 Å². The van der Waals surface area contributed by atoms with Gasteiger partial charge in [0.05, 0.1) is 5.69 Å². The highest BCUT2D eigenvalue weighted by Crippen LogP contribution is 2.33. The minimum atomic E-state index is -0.409. The Morgan fingerprint density at radius 1 is 1.39 bits per heavy atom. The van der Waals surface area contributed by atoms with Crippen LogP contribution in [0.15, 0.2) is 18.2 Å². The molecule has 0 fully saturated rings. The second-order valence-electron chi connectivity index (χ2n) is 4.41. The summed E-state index contributed by atoms with van der Waals surface area (Å²) in [6.07, 6.45) is 0. The van der Waals surface area contributed by atoms with Crippen molar-refractivity contribution in [3.63, 3.8) is 0 Å². The Morgan fingerprint density at radius 3 is 2.67 bits per heavy atom. The Labute approximate surface area is 104 Å². The second kappa shape index (κ2) is 4.66. The summed E-state index contributed by atoms with van der Waals surface area (Å²) < 4.78 is 13.6. The van der Waals surface area contributed by atoms with E-state index < -0.39 is 5.82 Å². The Kier molecular flexibility index (Phi) is 3.20. The van der Waals surface area contributed by atoms with E-state index in [9.17, 15) is 9.50 Å². The van der Waals surface area contributed by atoms with Crippen molar-refractivity contribution < 1.29 is 9.50 Å². The smallest absolute Gasteiger partial charge is 0.145 e. The van der Waals surface area contributed by atoms with Crippen molar-refractivity contribution in [3.05, 3.63) is 29.6 Å². The SMILES string of the molecule is CN(C)Cc1cc(F)cc(-c2cc(N)n[nH]2)c1O. The molecular weight excluding hydrogens is 235 g/mol. The lowest BCUT2D eigenvalue weighted by atomic mass is 10.1. The highest BCUT2D eigenvalue weighted by molar-refractivity contribution is 5.70. The molecule has 0 saturated carbocycles. The Morgan fingerprint density at radius 2 is 2.11 bits per heavy atom. The van der Waals surface area contributed by atoms with Crippen LogP contribution in [0.4, 0.5) is 10.2 Å². The molecule has 0 unspecified atom stereocenters. The van der Waals surface area contributed by atoms with Crippen LogP contribution in [0.2, 0.25) is 0 Å². The van der Waals surface area contributed by atoms with Gasteiger partial charge in [0.2, 0.25) is 0 Å². The minimum absolute atomic E-state index is 0.0359. The largest absolute Gasteiger partial charge is 0.507 e. The van der Waals surface area contributed by atoms with Gasteiger partial charge in [-0.15, -0.1) is 0 Å². The first-order valence-electron chi connectivity index (χ1n) is 5.44. The van der Waals surface area contributed by atoms with Crippen LogP contribution >= 0.6 is 0 Å². The molecule has 0 aliphatic heterocycles. The molecule has 0 radical (unpaired) electrons. The molecule has 0 aliphatic carbocycles. The van der Waals surface area contributed by atoms with E-state index in [1.54, 1.807) is 6.07 Å². The number of rotatable bonds is 3. The van der Waals surface area contributed by atoms with Crippen LogP contribution in [0.1, 0.15) is 5.56 Å². The van der Waals surface area contributed by atoms with E-state index in [-0.39, 0.29) is 5.75 Å². The average molecular weight is 250 g/mol. The summed E-state index contributed by atoms with van der Waals surface area (Å²) in [5.41, 5.74) is 6.86. The Hall–Kier alpha value is -2.08. The van der Waals surface area contributed by atoms with Crippen molar-refractivity contribution >= 4 is 5.82 Å². The van der Waals surface area contributed by atoms with E-state index >= 15 is 0 Å². The summed E-state index contributed by atoms with van der Waals surface area (Å²) in [5, 5.41) is 16.6. The van der Waals surface area contributed by atoms with E-state index in [4.69, 9.17) is 5.73 Å². The molecule has 0 bridgehead atoms. The maximum atomic E-state index is 13.6. The molecule has 0 spiro atoms. The van der Waals surface area contributed by atoms with Crippen LogP contribution in [0.25, 0.3) is 11.3 Å². The zero-order chi connectivity index (χ0) is 13.3. The lowest BCUT2D eigenvalue weighted by molar-refractivity contribution is 0.384. The van der Waals surface area contributed by atoms with Gasteiger partial charge in [-0.2, -0.15) is 5.10 Å². The van der Waals surface area contributed by atoms with Crippen molar-refractivity contribution in [2.24, 2.45) is 0 Å². The number of nitrogens with zero attached hydrogens (tertiary/aromatic N) is 2. The maximum Gasteiger partial charge on any atom is 0.145 e. The highest BCUT2D eigenvalue weighted by atomic mass is 19.1. The number of halogens is 1. The zero-order valence-corrected chi connectivity index (χ0v) is 10.2. The van der Waals surface area contributed by atoms with E-state index in [1.807, 2.05) is 19.0 Å². The number of aromatic nitrogens is 2. The van der Waals surface area contributed by atoms with Crippen molar-refractivity contribution in [1.29, 1.82) is 0 Å². The number of phenolic OH excluding ortho intramolecular Hbond substituents is 1. The first kappa shape index (κ1) is 12.4. The summed E-state index contributed by atoms with van der Waals surface area (Å²) in [7, 11) is 3.69. The molecule has 1 aromatic heterocycles. The zero-order valence-electron chi connectivity index (χ0n) is 10.2. The number of nitrogens with two attached hydrogens (primary N) is 1. The summed E-state index contributed by atoms with van der Waals surface area (Å²) in [4.78, 5) is 1.85. The molecule has 0 aliphatic rings. The molecule has 5 nitrogen and oxygen atoms in total. The fourth-order valence-electron chi connectivity index (χ4n) is 1.80. The van der Waals surface area contributed by atoms with Gasteiger partial charge >= 0.3 is 0 Å². The number of hydrogen-bond donors (Lipinski definition) is 3. The van der Waals surface area contributed by atoms with E-state index in [0.29, 0.717) is 29.2 Å². The molecule has 0 atom stereocenters. The third-order valence-corrected chi connectivity index (χ3v) is 2.53. The number of anilines is 1. The number of hydrogen-bond acceptors (Lipinski definition) is 4. The number of aromatic hydroxyl groups is 1. The number of nitrogens with one attached hydrogen (secondary N) is 1. The number of nitrogen functional groups attached to an aromatic ring is 1. The van der Waals surface area contributed by atoms with Crippen LogP contribution in [0.5, 0.6) is 5.75 Å². The highest BCUT2D eigenvalue weighted by Gasteiger charge is 2.14. The van der Waals surface area contributed by atoms with Gasteiger partial charge in [0.1, 0.15) is 17.4 Å². The van der Waals surface area contributed by atoms with Gasteiger partial charge in [-0.05, 0) is 26.2 Å². The second-order valence-corrected chi connectivity index (χ2v) is 4.41. The van der Waals surface area contributed by atoms with Gasteiger partial charge in [-0.25, -0.2) is 4.39 Å². The lowest BCUT2D eigenvalue weighted by Crippen LogP contribution is -2.11. The number of benzene rings is 1. The molecule has 2 aromatic rings. The molecule has 18 heavy (non-hydrogen) atoms. The number of H-pyrrole nitrogens is 1. The fraction of sp³-hybridized carbons (Fsp3) is 0.250. The van der Waals surface area contributed by atoms with Gasteiger partial charge in [0.25, 0.3) is 0 Å². The van der Waals surface area contributed by atoms with Crippen molar-refractivity contribution in [2.75, 3.05) is 19.8 Å². The fourth-order valence-corrected chi connectivity index (χ4v) is 1.80. The summed E-state index contributed by atoms with van der Waals surface area (Å²) in [6, 6.07) is 4.12. The molecule has 0 amide bonds. The molecule has 0 saturated heterocycles. The van der Waals surface area contributed by atoms with Crippen molar-refractivity contribution in [3.8, 4) is 17.0 Å². The van der Waals surface area contributed by atoms with Crippen molar-refractivity contribution in [2.45, 2.75) is 6.54 Å². The van der Waals surface area contributed by atoms with Crippen LogP contribution in [0, 0.1) is 5.82 Å². The molecule has 1 heterocycles. The third kappa shape index (κ3) is 2.43. The van der Waals surface area contributed by atoms with E-state index in [1.165, 1.54) is 12.1 Å². The molecule has 2 rings (SSSR count). The van der Waals surface area contributed by atoms with E-state index in [2.05, 4.69) is 10.2 Å². The Balaban J connectivity index is 2.51. The van der Waals surface area contributed by atoms with Crippen molar-refractivity contribution in [1.82, 2.24) is 15.1 Å². The van der Waals surface area contributed by atoms with Crippen LogP contribution in [0.3, 0.4) is 0 Å². The predicted octanol–water partition coefficient (Wildman–Crippen LogP) is 1.57. The summed E-state index contributed by atoms with van der Waals surface area (Å²) in [5.74, 6) is -0.0793. The number of aromatic amines is 1. The maximum absolute atomic E-state index is 13.6. The van der Waals surface area contributed by atoms with Gasteiger partial charge in [0, 0.05) is 23.7 Å². The van der Waals surface area contributed by atoms with Crippen LogP contribution in [-0.2, 0) is 6.54 Å². The van der Waals surface area contributed by atoms with Gasteiger partial charge in [-0.1, -0.05) is 0 Å². The van der Waals surface area contributed by atoms with Gasteiger partial charge in [0.15, 0.2) is 0 Å². The van der Waals surface area contributed by atoms with E-state index in [0.717, 1.165) is 0 Å². The number of phenols is 1. The molecule has 4 N–H and O–H groups in total. The first-order valence-corrected chi connectivity index (χ1v) is 5.44. The minimum Gasteiger partial charge on any atom is -0.507 e. The normalized spacial score (nSPS) is 11.1. The lowest BCUT2D eigenvalue weighted by Gasteiger charge is -2.13. The van der Waals surface area contributed by atoms with Crippen LogP contribution in [-0.4, -0.2) is 34.3 Å². The average Bonchev–Trinajstić information content (AvgIpc) is 2.69. The summed E-state index contributed by atoms with van der Waals surface area (Å²) in [6.45, 7) is 0.445. The molecule has 1 aromatic carbocycles. The molecular formula is C12H15FN4O.